The Bertz CT molecular complexity index is 581. The van der Waals surface area contributed by atoms with Gasteiger partial charge in [-0.05, 0) is 71.8 Å². The van der Waals surface area contributed by atoms with Gasteiger partial charge in [0.25, 0.3) is 0 Å². The van der Waals surface area contributed by atoms with Crippen molar-refractivity contribution in [3.05, 3.63) is 45.7 Å². The molecule has 0 atom stereocenters. The lowest BCUT2D eigenvalue weighted by atomic mass is 10.2. The fourth-order valence-electron chi connectivity index (χ4n) is 1.84. The van der Waals surface area contributed by atoms with Crippen LogP contribution in [0.15, 0.2) is 38.8 Å². The molecule has 106 valence electrons. The summed E-state index contributed by atoms with van der Waals surface area (Å²) in [6.45, 7) is 7.96. The van der Waals surface area contributed by atoms with Gasteiger partial charge in [-0.25, -0.2) is 9.97 Å². The summed E-state index contributed by atoms with van der Waals surface area (Å²) in [7, 11) is 0. The van der Waals surface area contributed by atoms with Crippen molar-refractivity contribution >= 4 is 27.7 Å². The van der Waals surface area contributed by atoms with E-state index in [4.69, 9.17) is 0 Å². The van der Waals surface area contributed by atoms with Crippen LogP contribution in [0.25, 0.3) is 0 Å². The largest absolute Gasteiger partial charge is 0.313 e. The van der Waals surface area contributed by atoms with Crippen LogP contribution in [0, 0.1) is 13.8 Å². The first kappa shape index (κ1) is 15.5. The Morgan fingerprint density at radius 3 is 2.45 bits per heavy atom. The Morgan fingerprint density at radius 2 is 1.85 bits per heavy atom. The molecule has 1 N–H and O–H groups in total. The van der Waals surface area contributed by atoms with Crippen LogP contribution < -0.4 is 5.32 Å². The Morgan fingerprint density at radius 1 is 1.15 bits per heavy atom. The lowest BCUT2D eigenvalue weighted by molar-refractivity contribution is 0.726. The van der Waals surface area contributed by atoms with E-state index in [0.29, 0.717) is 0 Å². The predicted molar refractivity (Wildman–Crippen MR) is 87.2 cm³/mol. The van der Waals surface area contributed by atoms with E-state index in [0.717, 1.165) is 39.0 Å². The van der Waals surface area contributed by atoms with E-state index in [1.807, 2.05) is 19.9 Å². The van der Waals surface area contributed by atoms with Crippen LogP contribution in [0.4, 0.5) is 0 Å². The second kappa shape index (κ2) is 7.20. The fraction of sp³-hybridized carbons (Fsp3) is 0.333. The van der Waals surface area contributed by atoms with Gasteiger partial charge < -0.3 is 5.32 Å². The summed E-state index contributed by atoms with van der Waals surface area (Å²) in [5.74, 6) is 0. The number of hydrogen-bond acceptors (Lipinski definition) is 4. The molecule has 0 bridgehead atoms. The molecule has 5 heteroatoms. The third kappa shape index (κ3) is 4.30. The highest BCUT2D eigenvalue weighted by molar-refractivity contribution is 9.10. The van der Waals surface area contributed by atoms with Crippen LogP contribution in [0.3, 0.4) is 0 Å². The van der Waals surface area contributed by atoms with Crippen molar-refractivity contribution < 1.29 is 0 Å². The Balaban J connectivity index is 2.16. The predicted octanol–water partition coefficient (Wildman–Crippen LogP) is 4.12. The van der Waals surface area contributed by atoms with E-state index >= 15 is 0 Å². The average molecular weight is 352 g/mol. The number of halogens is 1. The van der Waals surface area contributed by atoms with Gasteiger partial charge in [-0.3, -0.25) is 0 Å². The molecule has 0 unspecified atom stereocenters. The second-order valence-corrected chi connectivity index (χ2v) is 6.44. The van der Waals surface area contributed by atoms with Gasteiger partial charge >= 0.3 is 0 Å². The van der Waals surface area contributed by atoms with E-state index in [1.165, 1.54) is 5.56 Å². The topological polar surface area (TPSA) is 37.8 Å². The van der Waals surface area contributed by atoms with Crippen LogP contribution in [0.1, 0.15) is 23.9 Å². The van der Waals surface area contributed by atoms with E-state index < -0.39 is 0 Å². The maximum atomic E-state index is 4.46. The second-order valence-electron chi connectivity index (χ2n) is 4.58. The highest BCUT2D eigenvalue weighted by Gasteiger charge is 2.07. The monoisotopic (exact) mass is 351 g/mol. The zero-order valence-corrected chi connectivity index (χ0v) is 14.3. The number of nitrogens with zero attached hydrogens (tertiary/aromatic N) is 2. The molecular weight excluding hydrogens is 334 g/mol. The first-order valence-electron chi connectivity index (χ1n) is 6.57. The summed E-state index contributed by atoms with van der Waals surface area (Å²) in [5.41, 5.74) is 3.27. The summed E-state index contributed by atoms with van der Waals surface area (Å²) in [4.78, 5) is 10.1. The van der Waals surface area contributed by atoms with Gasteiger partial charge in [0.05, 0.1) is 0 Å². The SMILES string of the molecule is CCNCc1ccc(Sc2nc(C)cc(C)n2)c(Br)c1. The van der Waals surface area contributed by atoms with Crippen LogP contribution >= 0.6 is 27.7 Å². The quantitative estimate of drug-likeness (QED) is 0.822. The number of aromatic nitrogens is 2. The third-order valence-electron chi connectivity index (χ3n) is 2.74. The molecule has 0 saturated carbocycles. The summed E-state index contributed by atoms with van der Waals surface area (Å²) in [6, 6.07) is 8.38. The van der Waals surface area contributed by atoms with Crippen molar-refractivity contribution in [2.45, 2.75) is 37.4 Å². The highest BCUT2D eigenvalue weighted by atomic mass is 79.9. The van der Waals surface area contributed by atoms with Gasteiger partial charge in [-0.2, -0.15) is 0 Å². The minimum atomic E-state index is 0.794. The number of hydrogen-bond donors (Lipinski definition) is 1. The Labute approximate surface area is 132 Å². The van der Waals surface area contributed by atoms with Crippen LogP contribution in [0.2, 0.25) is 0 Å². The van der Waals surface area contributed by atoms with E-state index in [2.05, 4.69) is 56.3 Å². The van der Waals surface area contributed by atoms with Crippen molar-refractivity contribution in [3.63, 3.8) is 0 Å². The summed E-state index contributed by atoms with van der Waals surface area (Å²) in [5, 5.41) is 4.12. The summed E-state index contributed by atoms with van der Waals surface area (Å²) in [6.07, 6.45) is 0. The third-order valence-corrected chi connectivity index (χ3v) is 4.60. The maximum Gasteiger partial charge on any atom is 0.192 e. The molecule has 3 nitrogen and oxygen atoms in total. The van der Waals surface area contributed by atoms with Crippen molar-refractivity contribution in [2.75, 3.05) is 6.54 Å². The first-order valence-corrected chi connectivity index (χ1v) is 8.18. The Kier molecular flexibility index (Phi) is 5.57. The minimum absolute atomic E-state index is 0.794. The smallest absolute Gasteiger partial charge is 0.192 e. The Hall–Kier alpha value is -0.910. The number of aryl methyl sites for hydroxylation is 2. The van der Waals surface area contributed by atoms with E-state index in [1.54, 1.807) is 11.8 Å². The molecule has 0 aliphatic carbocycles. The van der Waals surface area contributed by atoms with Crippen molar-refractivity contribution in [2.24, 2.45) is 0 Å². The zero-order chi connectivity index (χ0) is 14.5. The van der Waals surface area contributed by atoms with Crippen LogP contribution in [-0.2, 0) is 6.54 Å². The first-order chi connectivity index (χ1) is 9.58. The van der Waals surface area contributed by atoms with Gasteiger partial charge in [0.15, 0.2) is 5.16 Å². The number of rotatable bonds is 5. The zero-order valence-electron chi connectivity index (χ0n) is 11.9. The molecule has 1 aromatic heterocycles. The molecule has 1 aromatic carbocycles. The molecule has 2 aromatic rings. The summed E-state index contributed by atoms with van der Waals surface area (Å²) < 4.78 is 1.08. The van der Waals surface area contributed by atoms with E-state index in [-0.39, 0.29) is 0 Å². The molecule has 2 rings (SSSR count). The van der Waals surface area contributed by atoms with Crippen molar-refractivity contribution in [1.29, 1.82) is 0 Å². The summed E-state index contributed by atoms with van der Waals surface area (Å²) >= 11 is 5.21. The minimum Gasteiger partial charge on any atom is -0.313 e. The van der Waals surface area contributed by atoms with Gasteiger partial charge in [0.2, 0.25) is 0 Å². The lowest BCUT2D eigenvalue weighted by Gasteiger charge is -2.08. The number of benzene rings is 1. The van der Waals surface area contributed by atoms with Crippen molar-refractivity contribution in [3.8, 4) is 0 Å². The molecule has 1 heterocycles. The standard InChI is InChI=1S/C15H18BrN3S/c1-4-17-9-12-5-6-14(13(16)8-12)20-15-18-10(2)7-11(3)19-15/h5-8,17H,4,9H2,1-3H3. The van der Waals surface area contributed by atoms with Gasteiger partial charge in [0.1, 0.15) is 0 Å². The maximum absolute atomic E-state index is 4.46. The van der Waals surface area contributed by atoms with Gasteiger partial charge in [0, 0.05) is 27.3 Å². The lowest BCUT2D eigenvalue weighted by Crippen LogP contribution is -2.11. The molecular formula is C15H18BrN3S. The van der Waals surface area contributed by atoms with Crippen LogP contribution in [0.5, 0.6) is 0 Å². The molecule has 0 saturated heterocycles. The van der Waals surface area contributed by atoms with Crippen LogP contribution in [-0.4, -0.2) is 16.5 Å². The van der Waals surface area contributed by atoms with Crippen molar-refractivity contribution in [1.82, 2.24) is 15.3 Å². The molecule has 0 aliphatic rings. The number of nitrogens with one attached hydrogen (secondary N) is 1. The van der Waals surface area contributed by atoms with Gasteiger partial charge in [-0.15, -0.1) is 0 Å². The highest BCUT2D eigenvalue weighted by Crippen LogP contribution is 2.32. The molecule has 0 radical (unpaired) electrons. The average Bonchev–Trinajstić information content (AvgIpc) is 2.38. The molecule has 20 heavy (non-hydrogen) atoms. The molecule has 0 fully saturated rings. The molecule has 0 spiro atoms. The normalized spacial score (nSPS) is 10.8. The molecule has 0 aliphatic heterocycles. The van der Waals surface area contributed by atoms with E-state index in [9.17, 15) is 0 Å². The van der Waals surface area contributed by atoms with Gasteiger partial charge in [-0.1, -0.05) is 13.0 Å². The fourth-order valence-corrected chi connectivity index (χ4v) is 3.38. The molecule has 0 amide bonds.